The van der Waals surface area contributed by atoms with Crippen LogP contribution in [0.5, 0.6) is 0 Å². The number of pyridine rings is 1. The Morgan fingerprint density at radius 1 is 1.52 bits per heavy atom. The first-order valence-corrected chi connectivity index (χ1v) is 6.33. The maximum absolute atomic E-state index is 12.3. The van der Waals surface area contributed by atoms with Crippen LogP contribution in [0.25, 0.3) is 0 Å². The number of hydrogen-bond donors (Lipinski definition) is 1. The molecule has 0 aliphatic carbocycles. The van der Waals surface area contributed by atoms with Crippen molar-refractivity contribution in [1.82, 2.24) is 15.2 Å². The summed E-state index contributed by atoms with van der Waals surface area (Å²) in [7, 11) is 0. The number of carbonyl (C=O) groups excluding carboxylic acids is 2. The van der Waals surface area contributed by atoms with E-state index in [0.717, 1.165) is 0 Å². The minimum Gasteiger partial charge on any atom is -0.347 e. The number of halogens is 3. The van der Waals surface area contributed by atoms with E-state index >= 15 is 0 Å². The maximum Gasteiger partial charge on any atom is 0.406 e. The van der Waals surface area contributed by atoms with E-state index in [1.807, 2.05) is 0 Å². The number of nitrogens with zero attached hydrogens (tertiary/aromatic N) is 2. The molecule has 1 N–H and O–H groups in total. The lowest BCUT2D eigenvalue weighted by Crippen LogP contribution is -2.40. The van der Waals surface area contributed by atoms with Gasteiger partial charge in [0.2, 0.25) is 5.91 Å². The van der Waals surface area contributed by atoms with E-state index in [1.165, 1.54) is 6.20 Å². The summed E-state index contributed by atoms with van der Waals surface area (Å²) in [5, 5.41) is 2.57. The van der Waals surface area contributed by atoms with E-state index in [1.54, 1.807) is 19.1 Å². The van der Waals surface area contributed by atoms with Crippen LogP contribution in [0.2, 0.25) is 0 Å². The van der Waals surface area contributed by atoms with Crippen molar-refractivity contribution >= 4 is 11.8 Å². The van der Waals surface area contributed by atoms with E-state index < -0.39 is 30.6 Å². The zero-order valence-corrected chi connectivity index (χ0v) is 11.3. The quantitative estimate of drug-likeness (QED) is 0.915. The SMILES string of the molecule is Cc1ncccc1C(=O)NC1CC(=O)N(CC(F)(F)F)C1. The number of likely N-dealkylation sites (tertiary alicyclic amines) is 1. The number of rotatable bonds is 3. The molecule has 8 heteroatoms. The summed E-state index contributed by atoms with van der Waals surface area (Å²) in [6.45, 7) is 0.234. The average Bonchev–Trinajstić information content (AvgIpc) is 2.67. The fourth-order valence-corrected chi connectivity index (χ4v) is 2.23. The fourth-order valence-electron chi connectivity index (χ4n) is 2.23. The molecule has 5 nitrogen and oxygen atoms in total. The molecule has 1 aliphatic rings. The summed E-state index contributed by atoms with van der Waals surface area (Å²) in [4.78, 5) is 28.2. The van der Waals surface area contributed by atoms with Crippen LogP contribution < -0.4 is 5.32 Å². The highest BCUT2D eigenvalue weighted by Crippen LogP contribution is 2.21. The second-order valence-corrected chi connectivity index (χ2v) is 4.90. The molecule has 1 fully saturated rings. The molecule has 0 aromatic carbocycles. The highest BCUT2D eigenvalue weighted by atomic mass is 19.4. The van der Waals surface area contributed by atoms with E-state index in [-0.39, 0.29) is 13.0 Å². The van der Waals surface area contributed by atoms with Crippen molar-refractivity contribution in [2.45, 2.75) is 25.6 Å². The van der Waals surface area contributed by atoms with Crippen LogP contribution in [-0.4, -0.2) is 47.0 Å². The molecular formula is C13H14F3N3O2. The largest absolute Gasteiger partial charge is 0.406 e. The van der Waals surface area contributed by atoms with Crippen LogP contribution in [-0.2, 0) is 4.79 Å². The molecule has 1 aromatic heterocycles. The van der Waals surface area contributed by atoms with Gasteiger partial charge in [0.05, 0.1) is 11.6 Å². The van der Waals surface area contributed by atoms with Gasteiger partial charge in [0, 0.05) is 24.9 Å². The molecule has 114 valence electrons. The highest BCUT2D eigenvalue weighted by molar-refractivity contribution is 5.96. The van der Waals surface area contributed by atoms with Gasteiger partial charge in [-0.2, -0.15) is 13.2 Å². The molecule has 2 amide bonds. The number of carbonyl (C=O) groups is 2. The molecular weight excluding hydrogens is 287 g/mol. The molecule has 1 saturated heterocycles. The van der Waals surface area contributed by atoms with E-state index in [9.17, 15) is 22.8 Å². The molecule has 0 radical (unpaired) electrons. The molecule has 1 atom stereocenters. The van der Waals surface area contributed by atoms with Gasteiger partial charge in [0.1, 0.15) is 6.54 Å². The van der Waals surface area contributed by atoms with Crippen molar-refractivity contribution in [2.75, 3.05) is 13.1 Å². The van der Waals surface area contributed by atoms with Gasteiger partial charge >= 0.3 is 6.18 Å². The van der Waals surface area contributed by atoms with Gasteiger partial charge in [-0.3, -0.25) is 14.6 Å². The number of amides is 2. The number of hydrogen-bond acceptors (Lipinski definition) is 3. The molecule has 0 saturated carbocycles. The minimum atomic E-state index is -4.44. The Morgan fingerprint density at radius 2 is 2.24 bits per heavy atom. The number of aromatic nitrogens is 1. The molecule has 0 bridgehead atoms. The average molecular weight is 301 g/mol. The van der Waals surface area contributed by atoms with Crippen LogP contribution >= 0.6 is 0 Å². The predicted octanol–water partition coefficient (Wildman–Crippen LogP) is 1.28. The summed E-state index contributed by atoms with van der Waals surface area (Å²) in [6, 6.07) is 2.55. The normalized spacial score (nSPS) is 19.0. The van der Waals surface area contributed by atoms with Crippen molar-refractivity contribution in [3.63, 3.8) is 0 Å². The first-order chi connectivity index (χ1) is 9.76. The Bertz CT molecular complexity index is 560. The Hall–Kier alpha value is -2.12. The first-order valence-electron chi connectivity index (χ1n) is 6.33. The van der Waals surface area contributed by atoms with E-state index in [0.29, 0.717) is 16.2 Å². The zero-order chi connectivity index (χ0) is 15.6. The molecule has 0 spiro atoms. The minimum absolute atomic E-state index is 0.124. The van der Waals surface area contributed by atoms with Crippen LogP contribution in [0.4, 0.5) is 13.2 Å². The maximum atomic E-state index is 12.3. The van der Waals surface area contributed by atoms with Crippen molar-refractivity contribution in [3.8, 4) is 0 Å². The molecule has 21 heavy (non-hydrogen) atoms. The third kappa shape index (κ3) is 3.93. The van der Waals surface area contributed by atoms with Crippen LogP contribution in [0.15, 0.2) is 18.3 Å². The molecule has 1 aliphatic heterocycles. The van der Waals surface area contributed by atoms with E-state index in [2.05, 4.69) is 10.3 Å². The van der Waals surface area contributed by atoms with Gasteiger partial charge < -0.3 is 10.2 Å². The third-order valence-corrected chi connectivity index (χ3v) is 3.17. The Balaban J connectivity index is 1.98. The van der Waals surface area contributed by atoms with Gasteiger partial charge in [-0.25, -0.2) is 0 Å². The van der Waals surface area contributed by atoms with Crippen molar-refractivity contribution in [3.05, 3.63) is 29.6 Å². The van der Waals surface area contributed by atoms with Gasteiger partial charge in [-0.05, 0) is 19.1 Å². The van der Waals surface area contributed by atoms with Gasteiger partial charge in [0.15, 0.2) is 0 Å². The summed E-state index contributed by atoms with van der Waals surface area (Å²) in [5.41, 5.74) is 0.866. The second kappa shape index (κ2) is 5.71. The van der Waals surface area contributed by atoms with Crippen molar-refractivity contribution in [1.29, 1.82) is 0 Å². The summed E-state index contributed by atoms with van der Waals surface area (Å²) in [6.07, 6.45) is -3.02. The van der Waals surface area contributed by atoms with Crippen LogP contribution in [0.3, 0.4) is 0 Å². The van der Waals surface area contributed by atoms with Gasteiger partial charge in [-0.15, -0.1) is 0 Å². The predicted molar refractivity (Wildman–Crippen MR) is 67.5 cm³/mol. The number of aryl methyl sites for hydroxylation is 1. The van der Waals surface area contributed by atoms with Gasteiger partial charge in [0.25, 0.3) is 5.91 Å². The standard InChI is InChI=1S/C13H14F3N3O2/c1-8-10(3-2-4-17-8)12(21)18-9-5-11(20)19(6-9)7-13(14,15)16/h2-4,9H,5-7H2,1H3,(H,18,21). The lowest BCUT2D eigenvalue weighted by atomic mass is 10.1. The van der Waals surface area contributed by atoms with Gasteiger partial charge in [-0.1, -0.05) is 0 Å². The monoisotopic (exact) mass is 301 g/mol. The Morgan fingerprint density at radius 3 is 2.86 bits per heavy atom. The lowest BCUT2D eigenvalue weighted by molar-refractivity contribution is -0.157. The third-order valence-electron chi connectivity index (χ3n) is 3.17. The Kier molecular flexibility index (Phi) is 4.15. The number of nitrogens with one attached hydrogen (secondary N) is 1. The smallest absolute Gasteiger partial charge is 0.347 e. The zero-order valence-electron chi connectivity index (χ0n) is 11.3. The molecule has 1 aromatic rings. The second-order valence-electron chi connectivity index (χ2n) is 4.90. The summed E-state index contributed by atoms with van der Waals surface area (Å²) >= 11 is 0. The van der Waals surface area contributed by atoms with Crippen LogP contribution in [0, 0.1) is 6.92 Å². The fraction of sp³-hybridized carbons (Fsp3) is 0.462. The lowest BCUT2D eigenvalue weighted by Gasteiger charge is -2.18. The van der Waals surface area contributed by atoms with E-state index in [4.69, 9.17) is 0 Å². The Labute approximate surface area is 119 Å². The summed E-state index contributed by atoms with van der Waals surface area (Å²) < 4.78 is 36.9. The summed E-state index contributed by atoms with van der Waals surface area (Å²) in [5.74, 6) is -1.05. The molecule has 2 heterocycles. The van der Waals surface area contributed by atoms with Crippen LogP contribution in [0.1, 0.15) is 22.5 Å². The highest BCUT2D eigenvalue weighted by Gasteiger charge is 2.38. The molecule has 2 rings (SSSR count). The van der Waals surface area contributed by atoms with Crippen molar-refractivity contribution < 1.29 is 22.8 Å². The molecule has 1 unspecified atom stereocenters. The number of alkyl halides is 3. The van der Waals surface area contributed by atoms with Crippen molar-refractivity contribution in [2.24, 2.45) is 0 Å². The first kappa shape index (κ1) is 15.3. The topological polar surface area (TPSA) is 62.3 Å².